The molecule has 21 nitrogen and oxygen atoms in total. The van der Waals surface area contributed by atoms with Crippen molar-refractivity contribution >= 4 is 70.2 Å². The van der Waals surface area contributed by atoms with Gasteiger partial charge in [-0.15, -0.1) is 0 Å². The number of benzene rings is 2. The van der Waals surface area contributed by atoms with Crippen molar-refractivity contribution in [1.29, 1.82) is 0 Å². The van der Waals surface area contributed by atoms with E-state index in [0.717, 1.165) is 11.1 Å². The highest BCUT2D eigenvalue weighted by atomic mass is 127. The molecule has 0 saturated heterocycles. The van der Waals surface area contributed by atoms with Crippen molar-refractivity contribution in [3.8, 4) is 11.5 Å². The maximum Gasteiger partial charge on any atom is 0.326 e. The standard InChI is InChI=1S/C44H62IN5O16/c45-33-23-29(9-13-39(56)57)22-32(42(33)62)26-49(19-20-51)17-18-50(27-41(60)61)25-31-21-28(7-11-35(31)52)8-12-37(54)47-16-4-2-6-36(53)46-15-3-1-5-30(43(63)64)24-38(55)48-34(44(65)66)10-14-40(58)59/h7,11,21-23,30,34,51-52,62H,1-6,8-10,12-20,24-27H2,(H,46,53)(H,47,54)(H,48,55)(H,56,57)(H,58,59)(H,60,61)(H,63,64)(H,65,66)/t30-,34+/m1/s1. The monoisotopic (exact) mass is 1040 g/mol. The fourth-order valence-corrected chi connectivity index (χ4v) is 7.61. The van der Waals surface area contributed by atoms with Crippen molar-refractivity contribution < 1.29 is 79.2 Å². The van der Waals surface area contributed by atoms with Crippen LogP contribution in [-0.4, -0.2) is 150 Å². The minimum absolute atomic E-state index is 0.0366. The van der Waals surface area contributed by atoms with Crippen LogP contribution in [0.15, 0.2) is 30.3 Å². The van der Waals surface area contributed by atoms with Crippen molar-refractivity contribution in [2.45, 2.75) is 103 Å². The second kappa shape index (κ2) is 30.6. The molecule has 0 bridgehead atoms. The second-order valence-corrected chi connectivity index (χ2v) is 17.0. The van der Waals surface area contributed by atoms with Gasteiger partial charge in [0.15, 0.2) is 0 Å². The second-order valence-electron chi connectivity index (χ2n) is 15.8. The van der Waals surface area contributed by atoms with Crippen LogP contribution in [0.4, 0.5) is 0 Å². The van der Waals surface area contributed by atoms with Crippen molar-refractivity contribution in [3.05, 3.63) is 56.2 Å². The summed E-state index contributed by atoms with van der Waals surface area (Å²) in [6.07, 6.45) is 1.44. The SMILES string of the molecule is O=C(O)CCc1cc(I)c(O)c(CN(CCO)CCN(CC(=O)O)Cc2cc(CCC(=O)NCCCCC(=O)NCCCC[C@H](CC(=O)N[C@@H](CCC(=O)O)C(=O)O)C(=O)O)ccc2O)c1. The van der Waals surface area contributed by atoms with E-state index in [1.807, 2.05) is 27.5 Å². The molecule has 366 valence electrons. The molecule has 3 amide bonds. The zero-order valence-electron chi connectivity index (χ0n) is 36.7. The normalized spacial score (nSPS) is 12.1. The molecule has 11 N–H and O–H groups in total. The largest absolute Gasteiger partial charge is 0.508 e. The number of aliphatic hydroxyl groups excluding tert-OH is 1. The van der Waals surface area contributed by atoms with Gasteiger partial charge in [0.2, 0.25) is 17.7 Å². The first-order valence-corrected chi connectivity index (χ1v) is 22.7. The fourth-order valence-electron chi connectivity index (χ4n) is 6.87. The summed E-state index contributed by atoms with van der Waals surface area (Å²) >= 11 is 1.97. The summed E-state index contributed by atoms with van der Waals surface area (Å²) in [6.45, 7) is 1.03. The van der Waals surface area contributed by atoms with Gasteiger partial charge in [-0.3, -0.25) is 43.4 Å². The Kier molecular flexibility index (Phi) is 26.2. The minimum Gasteiger partial charge on any atom is -0.508 e. The maximum absolute atomic E-state index is 12.6. The Bertz CT molecular complexity index is 1970. The lowest BCUT2D eigenvalue weighted by molar-refractivity contribution is -0.145. The summed E-state index contributed by atoms with van der Waals surface area (Å²) in [5.41, 5.74) is 2.46. The number of aromatic hydroxyl groups is 2. The maximum atomic E-state index is 12.6. The number of phenols is 2. The average molecular weight is 1040 g/mol. The highest BCUT2D eigenvalue weighted by Crippen LogP contribution is 2.28. The van der Waals surface area contributed by atoms with Gasteiger partial charge >= 0.3 is 29.8 Å². The Morgan fingerprint density at radius 2 is 1.21 bits per heavy atom. The first-order valence-electron chi connectivity index (χ1n) is 21.6. The molecule has 0 radical (unpaired) electrons. The molecule has 0 aliphatic heterocycles. The molecule has 2 rings (SSSR count). The molecule has 0 saturated carbocycles. The van der Waals surface area contributed by atoms with E-state index in [1.54, 1.807) is 29.2 Å². The number of carbonyl (C=O) groups is 8. The van der Waals surface area contributed by atoms with Crippen molar-refractivity contribution in [3.63, 3.8) is 0 Å². The number of phenolic OH excluding ortho intramolecular Hbond substituents is 2. The molecule has 22 heteroatoms. The number of hydrogen-bond donors (Lipinski definition) is 11. The molecule has 0 spiro atoms. The Labute approximate surface area is 395 Å². The molecule has 0 aromatic heterocycles. The van der Waals surface area contributed by atoms with Crippen LogP contribution in [0.5, 0.6) is 11.5 Å². The van der Waals surface area contributed by atoms with Crippen LogP contribution in [0, 0.1) is 9.49 Å². The predicted molar refractivity (Wildman–Crippen MR) is 244 cm³/mol. The summed E-state index contributed by atoms with van der Waals surface area (Å²) in [5.74, 6) is -8.33. The van der Waals surface area contributed by atoms with Crippen molar-refractivity contribution in [2.24, 2.45) is 5.92 Å². The smallest absolute Gasteiger partial charge is 0.326 e. The van der Waals surface area contributed by atoms with Gasteiger partial charge in [0.05, 0.1) is 22.6 Å². The number of carboxylic acids is 5. The summed E-state index contributed by atoms with van der Waals surface area (Å²) in [7, 11) is 0. The van der Waals surface area contributed by atoms with Gasteiger partial charge in [0, 0.05) is 89.0 Å². The number of halogens is 1. The third-order valence-corrected chi connectivity index (χ3v) is 11.2. The molecule has 2 atom stereocenters. The van der Waals surface area contributed by atoms with Gasteiger partial charge in [0.1, 0.15) is 17.5 Å². The molecule has 2 aromatic carbocycles. The Balaban J connectivity index is 1.77. The summed E-state index contributed by atoms with van der Waals surface area (Å²) < 4.78 is 0.549. The number of aryl methyl sites for hydroxylation is 2. The number of carbonyl (C=O) groups excluding carboxylic acids is 3. The van der Waals surface area contributed by atoms with E-state index in [2.05, 4.69) is 16.0 Å². The number of rotatable bonds is 35. The van der Waals surface area contributed by atoms with Crippen LogP contribution in [0.1, 0.15) is 92.9 Å². The first-order chi connectivity index (χ1) is 31.3. The third-order valence-electron chi connectivity index (χ3n) is 10.4. The van der Waals surface area contributed by atoms with E-state index in [9.17, 15) is 69.0 Å². The Morgan fingerprint density at radius 3 is 1.83 bits per heavy atom. The highest BCUT2D eigenvalue weighted by molar-refractivity contribution is 14.1. The van der Waals surface area contributed by atoms with Gasteiger partial charge in [-0.25, -0.2) is 4.79 Å². The molecule has 0 heterocycles. The van der Waals surface area contributed by atoms with E-state index in [0.29, 0.717) is 53.3 Å². The van der Waals surface area contributed by atoms with Crippen LogP contribution in [0.25, 0.3) is 0 Å². The van der Waals surface area contributed by atoms with Crippen molar-refractivity contribution in [2.75, 3.05) is 45.9 Å². The Hall–Kier alpha value is -5.59. The zero-order valence-corrected chi connectivity index (χ0v) is 38.9. The number of unbranched alkanes of at least 4 members (excludes halogenated alkanes) is 2. The number of nitrogens with zero attached hydrogens (tertiary/aromatic N) is 2. The molecule has 0 aliphatic carbocycles. The molecular formula is C44H62IN5O16. The molecular weight excluding hydrogens is 981 g/mol. The van der Waals surface area contributed by atoms with Crippen molar-refractivity contribution in [1.82, 2.24) is 25.8 Å². The topological polar surface area (TPSA) is 341 Å². The molecule has 0 aliphatic rings. The first kappa shape index (κ1) is 56.5. The number of nitrogens with one attached hydrogen (secondary N) is 3. The molecule has 2 aromatic rings. The van der Waals surface area contributed by atoms with Crippen LogP contribution in [0.3, 0.4) is 0 Å². The number of aliphatic carboxylic acids is 5. The third kappa shape index (κ3) is 23.6. The van der Waals surface area contributed by atoms with Crippen LogP contribution >= 0.6 is 22.6 Å². The lowest BCUT2D eigenvalue weighted by Gasteiger charge is -2.27. The number of hydrogen-bond acceptors (Lipinski definition) is 13. The number of aliphatic hydroxyl groups is 1. The van der Waals surface area contributed by atoms with Gasteiger partial charge in [-0.1, -0.05) is 24.6 Å². The molecule has 0 unspecified atom stereocenters. The van der Waals surface area contributed by atoms with Gasteiger partial charge in [-0.2, -0.15) is 0 Å². The minimum atomic E-state index is -1.46. The predicted octanol–water partition coefficient (Wildman–Crippen LogP) is 2.13. The number of carboxylic acid groups (broad SMARTS) is 5. The van der Waals surface area contributed by atoms with Gasteiger partial charge in [0.25, 0.3) is 0 Å². The van der Waals surface area contributed by atoms with E-state index in [1.165, 1.54) is 6.07 Å². The quantitative estimate of drug-likeness (QED) is 0.0348. The van der Waals surface area contributed by atoms with Gasteiger partial charge < -0.3 is 56.8 Å². The van der Waals surface area contributed by atoms with Crippen LogP contribution in [-0.2, 0) is 64.3 Å². The average Bonchev–Trinajstić information content (AvgIpc) is 3.24. The van der Waals surface area contributed by atoms with E-state index < -0.39 is 60.6 Å². The van der Waals surface area contributed by atoms with Crippen LogP contribution < -0.4 is 16.0 Å². The summed E-state index contributed by atoms with van der Waals surface area (Å²) in [5, 5.41) is 85.1. The van der Waals surface area contributed by atoms with E-state index in [-0.39, 0.29) is 114 Å². The van der Waals surface area contributed by atoms with E-state index in [4.69, 9.17) is 10.2 Å². The van der Waals surface area contributed by atoms with Crippen LogP contribution in [0.2, 0.25) is 0 Å². The highest BCUT2D eigenvalue weighted by Gasteiger charge is 2.26. The number of amides is 3. The zero-order chi connectivity index (χ0) is 49.2. The lowest BCUT2D eigenvalue weighted by atomic mass is 9.97. The summed E-state index contributed by atoms with van der Waals surface area (Å²) in [4.78, 5) is 97.2. The lowest BCUT2D eigenvalue weighted by Crippen LogP contribution is -2.42. The Morgan fingerprint density at radius 1 is 0.606 bits per heavy atom. The van der Waals surface area contributed by atoms with Gasteiger partial charge in [-0.05, 0) is 90.8 Å². The fraction of sp³-hybridized carbons (Fsp3) is 0.545. The molecule has 66 heavy (non-hydrogen) atoms. The summed E-state index contributed by atoms with van der Waals surface area (Å²) in [6, 6.07) is 6.84. The van der Waals surface area contributed by atoms with E-state index >= 15 is 0 Å². The molecule has 0 fully saturated rings.